The zero-order valence-corrected chi connectivity index (χ0v) is 10.5. The Bertz CT molecular complexity index is 389. The van der Waals surface area contributed by atoms with Gasteiger partial charge < -0.3 is 5.11 Å². The molecule has 0 bridgehead atoms. The Hall–Kier alpha value is 0.240. The van der Waals surface area contributed by atoms with Gasteiger partial charge in [0.1, 0.15) is 4.34 Å². The summed E-state index contributed by atoms with van der Waals surface area (Å²) in [6.07, 6.45) is 4.73. The zero-order chi connectivity index (χ0) is 10.6. The predicted molar refractivity (Wildman–Crippen MR) is 63.7 cm³/mol. The van der Waals surface area contributed by atoms with Crippen molar-refractivity contribution in [2.24, 2.45) is 11.8 Å². The van der Waals surface area contributed by atoms with Gasteiger partial charge in [0.2, 0.25) is 0 Å². The van der Waals surface area contributed by atoms with Crippen LogP contribution in [0.3, 0.4) is 0 Å². The second-order valence-electron chi connectivity index (χ2n) is 4.56. The van der Waals surface area contributed by atoms with Crippen LogP contribution in [0.1, 0.15) is 31.2 Å². The van der Waals surface area contributed by atoms with Crippen molar-refractivity contribution in [3.8, 4) is 0 Å². The number of hydrogen-bond acceptors (Lipinski definition) is 2. The second kappa shape index (κ2) is 3.36. The van der Waals surface area contributed by atoms with E-state index in [4.69, 9.17) is 23.2 Å². The summed E-state index contributed by atoms with van der Waals surface area (Å²) in [5, 5.41) is 10.6. The van der Waals surface area contributed by atoms with Gasteiger partial charge in [0.15, 0.2) is 0 Å². The maximum atomic E-state index is 10.6. The van der Waals surface area contributed by atoms with E-state index in [1.165, 1.54) is 24.2 Å². The summed E-state index contributed by atoms with van der Waals surface area (Å²) in [5.41, 5.74) is 0.216. The second-order valence-corrected chi connectivity index (χ2v) is 6.85. The van der Waals surface area contributed by atoms with Crippen LogP contribution in [0.2, 0.25) is 8.67 Å². The Balaban J connectivity index is 1.97. The van der Waals surface area contributed by atoms with E-state index in [-0.39, 0.29) is 0 Å². The zero-order valence-electron chi connectivity index (χ0n) is 8.17. The summed E-state index contributed by atoms with van der Waals surface area (Å²) in [6, 6.07) is 1.84. The molecule has 82 valence electrons. The van der Waals surface area contributed by atoms with E-state index in [9.17, 15) is 5.11 Å². The molecular weight excluding hydrogens is 251 g/mol. The van der Waals surface area contributed by atoms with Crippen LogP contribution in [0, 0.1) is 11.8 Å². The normalized spacial score (nSPS) is 38.9. The molecular formula is C11H12Cl2OS. The molecule has 2 atom stereocenters. The van der Waals surface area contributed by atoms with Gasteiger partial charge >= 0.3 is 0 Å². The minimum absolute atomic E-state index is 0.425. The number of thiophene rings is 1. The lowest BCUT2D eigenvalue weighted by molar-refractivity contribution is 0.118. The highest BCUT2D eigenvalue weighted by molar-refractivity contribution is 7.20. The molecule has 2 aliphatic carbocycles. The molecule has 1 N–H and O–H groups in total. The standard InChI is InChI=1S/C11H12Cl2OS/c12-9-5-8(10(13)15-9)11(14)6-3-1-2-4-7(6)11/h5-7,14H,1-4H2. The molecule has 2 fully saturated rings. The molecule has 3 rings (SSSR count). The van der Waals surface area contributed by atoms with Crippen molar-refractivity contribution in [2.75, 3.05) is 0 Å². The van der Waals surface area contributed by atoms with Crippen LogP contribution in [-0.2, 0) is 5.60 Å². The van der Waals surface area contributed by atoms with E-state index in [1.807, 2.05) is 6.07 Å². The van der Waals surface area contributed by atoms with Crippen LogP contribution < -0.4 is 0 Å². The Morgan fingerprint density at radius 2 is 1.87 bits per heavy atom. The summed E-state index contributed by atoms with van der Waals surface area (Å²) in [6.45, 7) is 0. The molecule has 0 amide bonds. The summed E-state index contributed by atoms with van der Waals surface area (Å²) in [7, 11) is 0. The van der Waals surface area contributed by atoms with Crippen molar-refractivity contribution in [1.82, 2.24) is 0 Å². The van der Waals surface area contributed by atoms with Crippen LogP contribution >= 0.6 is 34.5 Å². The Morgan fingerprint density at radius 1 is 1.27 bits per heavy atom. The van der Waals surface area contributed by atoms with Crippen molar-refractivity contribution in [1.29, 1.82) is 0 Å². The molecule has 0 saturated heterocycles. The lowest BCUT2D eigenvalue weighted by atomic mass is 10.0. The summed E-state index contributed by atoms with van der Waals surface area (Å²) in [4.78, 5) is 0. The number of hydrogen-bond donors (Lipinski definition) is 1. The molecule has 2 saturated carbocycles. The van der Waals surface area contributed by atoms with Gasteiger partial charge in [-0.25, -0.2) is 0 Å². The third-order valence-corrected chi connectivity index (χ3v) is 5.36. The average molecular weight is 263 g/mol. The highest BCUT2D eigenvalue weighted by Gasteiger charge is 2.65. The summed E-state index contributed by atoms with van der Waals surface area (Å²) >= 11 is 13.4. The third-order valence-electron chi connectivity index (χ3n) is 3.88. The van der Waals surface area contributed by atoms with Crippen molar-refractivity contribution < 1.29 is 5.11 Å². The molecule has 0 spiro atoms. The van der Waals surface area contributed by atoms with Crippen LogP contribution in [0.5, 0.6) is 0 Å². The molecule has 0 aliphatic heterocycles. The fourth-order valence-electron chi connectivity index (χ4n) is 3.11. The Morgan fingerprint density at radius 3 is 2.33 bits per heavy atom. The predicted octanol–water partition coefficient (Wildman–Crippen LogP) is 4.06. The highest BCUT2D eigenvalue weighted by atomic mass is 35.5. The average Bonchev–Trinajstić information content (AvgIpc) is 2.67. The van der Waals surface area contributed by atoms with Crippen molar-refractivity contribution in [3.05, 3.63) is 20.3 Å². The van der Waals surface area contributed by atoms with Crippen molar-refractivity contribution >= 4 is 34.5 Å². The maximum Gasteiger partial charge on any atom is 0.100 e. The van der Waals surface area contributed by atoms with E-state index >= 15 is 0 Å². The molecule has 1 aromatic rings. The fraction of sp³-hybridized carbons (Fsp3) is 0.636. The first-order chi connectivity index (χ1) is 7.14. The van der Waals surface area contributed by atoms with E-state index in [2.05, 4.69) is 0 Å². The first kappa shape index (κ1) is 10.4. The largest absolute Gasteiger partial charge is 0.384 e. The van der Waals surface area contributed by atoms with Gasteiger partial charge in [-0.3, -0.25) is 0 Å². The van der Waals surface area contributed by atoms with Crippen LogP contribution in [-0.4, -0.2) is 5.11 Å². The monoisotopic (exact) mass is 262 g/mol. The van der Waals surface area contributed by atoms with Crippen LogP contribution in [0.15, 0.2) is 6.07 Å². The van der Waals surface area contributed by atoms with Crippen LogP contribution in [0.25, 0.3) is 0 Å². The minimum atomic E-state index is -0.656. The molecule has 4 heteroatoms. The maximum absolute atomic E-state index is 10.6. The van der Waals surface area contributed by atoms with Crippen molar-refractivity contribution in [2.45, 2.75) is 31.3 Å². The number of aliphatic hydroxyl groups is 1. The van der Waals surface area contributed by atoms with E-state index < -0.39 is 5.60 Å². The van der Waals surface area contributed by atoms with Gasteiger partial charge in [0.25, 0.3) is 0 Å². The quantitative estimate of drug-likeness (QED) is 0.810. The highest BCUT2D eigenvalue weighted by Crippen LogP contribution is 2.66. The third kappa shape index (κ3) is 1.39. The topological polar surface area (TPSA) is 20.2 Å². The molecule has 0 radical (unpaired) electrons. The van der Waals surface area contributed by atoms with Crippen molar-refractivity contribution in [3.63, 3.8) is 0 Å². The lowest BCUT2D eigenvalue weighted by Gasteiger charge is -2.08. The molecule has 1 heterocycles. The van der Waals surface area contributed by atoms with E-state index in [1.54, 1.807) is 0 Å². The molecule has 1 aromatic heterocycles. The SMILES string of the molecule is OC1(c2cc(Cl)sc2Cl)C2CCCCC21. The molecule has 0 aromatic carbocycles. The molecule has 2 unspecified atom stereocenters. The van der Waals surface area contributed by atoms with Gasteiger partial charge in [-0.05, 0) is 30.7 Å². The Kier molecular flexibility index (Phi) is 2.33. The number of rotatable bonds is 1. The molecule has 15 heavy (non-hydrogen) atoms. The Labute approximate surface area is 103 Å². The van der Waals surface area contributed by atoms with Gasteiger partial charge in [-0.1, -0.05) is 36.0 Å². The molecule has 2 aliphatic rings. The number of halogens is 2. The summed E-state index contributed by atoms with van der Waals surface area (Å²) < 4.78 is 1.34. The van der Waals surface area contributed by atoms with Gasteiger partial charge in [-0.2, -0.15) is 0 Å². The van der Waals surface area contributed by atoms with E-state index in [0.717, 1.165) is 18.4 Å². The number of fused-ring (bicyclic) bond motifs is 1. The minimum Gasteiger partial charge on any atom is -0.384 e. The lowest BCUT2D eigenvalue weighted by Crippen LogP contribution is -2.09. The fourth-order valence-corrected chi connectivity index (χ4v) is 4.70. The smallest absolute Gasteiger partial charge is 0.100 e. The molecule has 1 nitrogen and oxygen atoms in total. The van der Waals surface area contributed by atoms with Crippen LogP contribution in [0.4, 0.5) is 0 Å². The van der Waals surface area contributed by atoms with Gasteiger partial charge in [0, 0.05) is 5.56 Å². The van der Waals surface area contributed by atoms with E-state index in [0.29, 0.717) is 20.5 Å². The first-order valence-corrected chi connectivity index (χ1v) is 6.89. The first-order valence-electron chi connectivity index (χ1n) is 5.31. The van der Waals surface area contributed by atoms with Gasteiger partial charge in [0.05, 0.1) is 9.94 Å². The summed E-state index contributed by atoms with van der Waals surface area (Å²) in [5.74, 6) is 0.851. The van der Waals surface area contributed by atoms with Gasteiger partial charge in [-0.15, -0.1) is 11.3 Å².